The Balaban J connectivity index is 2.26. The van der Waals surface area contributed by atoms with Crippen molar-refractivity contribution >= 4 is 6.09 Å². The van der Waals surface area contributed by atoms with Crippen LogP contribution in [0.1, 0.15) is 11.6 Å². The van der Waals surface area contributed by atoms with Gasteiger partial charge in [-0.15, -0.1) is 0 Å². The summed E-state index contributed by atoms with van der Waals surface area (Å²) in [6, 6.07) is 9.59. The molecule has 0 radical (unpaired) electrons. The standard InChI is InChI=1S/C11H11NO2/c1-2-9-10(12-11(13)14-9)8-6-4-3-5-7-8/h2-7,9-10H,1H2,(H,12,13)/t9?,10-/m0/s1. The van der Waals surface area contributed by atoms with Gasteiger partial charge in [0.1, 0.15) is 6.10 Å². The predicted octanol–water partition coefficient (Wildman–Crippen LogP) is 2.02. The molecule has 1 heterocycles. The molecule has 0 saturated carbocycles. The van der Waals surface area contributed by atoms with Crippen LogP contribution in [0, 0.1) is 0 Å². The topological polar surface area (TPSA) is 38.3 Å². The lowest BCUT2D eigenvalue weighted by atomic mass is 10.0. The van der Waals surface area contributed by atoms with Crippen molar-refractivity contribution in [3.63, 3.8) is 0 Å². The van der Waals surface area contributed by atoms with Gasteiger partial charge in [-0.3, -0.25) is 0 Å². The van der Waals surface area contributed by atoms with Crippen LogP contribution in [-0.4, -0.2) is 12.2 Å². The van der Waals surface area contributed by atoms with Crippen LogP contribution < -0.4 is 5.32 Å². The van der Waals surface area contributed by atoms with Crippen molar-refractivity contribution in [1.82, 2.24) is 5.32 Å². The van der Waals surface area contributed by atoms with E-state index in [2.05, 4.69) is 11.9 Å². The van der Waals surface area contributed by atoms with Gasteiger partial charge in [0.05, 0.1) is 6.04 Å². The van der Waals surface area contributed by atoms with E-state index in [0.29, 0.717) is 0 Å². The Bertz CT molecular complexity index is 348. The van der Waals surface area contributed by atoms with E-state index in [4.69, 9.17) is 4.74 Å². The van der Waals surface area contributed by atoms with Crippen LogP contribution in [0.4, 0.5) is 4.79 Å². The van der Waals surface area contributed by atoms with Gasteiger partial charge in [0.25, 0.3) is 0 Å². The molecule has 0 aromatic heterocycles. The zero-order valence-electron chi connectivity index (χ0n) is 7.64. The maximum absolute atomic E-state index is 11.0. The van der Waals surface area contributed by atoms with Gasteiger partial charge in [0, 0.05) is 0 Å². The lowest BCUT2D eigenvalue weighted by Gasteiger charge is -2.12. The molecule has 72 valence electrons. The Morgan fingerprint density at radius 2 is 2.07 bits per heavy atom. The average Bonchev–Trinajstić information content (AvgIpc) is 2.61. The fourth-order valence-corrected chi connectivity index (χ4v) is 1.55. The Hall–Kier alpha value is -1.77. The van der Waals surface area contributed by atoms with Crippen LogP contribution in [-0.2, 0) is 4.74 Å². The summed E-state index contributed by atoms with van der Waals surface area (Å²) < 4.78 is 5.01. The maximum atomic E-state index is 11.0. The molecule has 0 aliphatic carbocycles. The molecule has 3 nitrogen and oxygen atoms in total. The largest absolute Gasteiger partial charge is 0.439 e. The first-order chi connectivity index (χ1) is 6.81. The molecule has 1 aliphatic rings. The van der Waals surface area contributed by atoms with Gasteiger partial charge in [0.2, 0.25) is 0 Å². The highest BCUT2D eigenvalue weighted by atomic mass is 16.6. The lowest BCUT2D eigenvalue weighted by Crippen LogP contribution is -2.21. The number of nitrogens with one attached hydrogen (secondary N) is 1. The number of carbonyl (C=O) groups is 1. The molecular formula is C11H11NO2. The summed E-state index contributed by atoms with van der Waals surface area (Å²) in [4.78, 5) is 11.0. The monoisotopic (exact) mass is 189 g/mol. The first-order valence-electron chi connectivity index (χ1n) is 4.46. The SMILES string of the molecule is C=CC1OC(=O)N[C@H]1c1ccccc1. The quantitative estimate of drug-likeness (QED) is 0.723. The molecule has 1 unspecified atom stereocenters. The summed E-state index contributed by atoms with van der Waals surface area (Å²) in [6.07, 6.45) is 0.976. The van der Waals surface area contributed by atoms with Gasteiger partial charge in [-0.25, -0.2) is 4.79 Å². The predicted molar refractivity (Wildman–Crippen MR) is 52.8 cm³/mol. The molecule has 14 heavy (non-hydrogen) atoms. The van der Waals surface area contributed by atoms with Crippen molar-refractivity contribution in [3.8, 4) is 0 Å². The van der Waals surface area contributed by atoms with Crippen LogP contribution in [0.3, 0.4) is 0 Å². The minimum Gasteiger partial charge on any atom is -0.439 e. The summed E-state index contributed by atoms with van der Waals surface area (Å²) in [5, 5.41) is 2.74. The summed E-state index contributed by atoms with van der Waals surface area (Å²) in [6.45, 7) is 3.64. The summed E-state index contributed by atoms with van der Waals surface area (Å²) in [5.41, 5.74) is 1.03. The van der Waals surface area contributed by atoms with Gasteiger partial charge >= 0.3 is 6.09 Å². The van der Waals surface area contributed by atoms with E-state index in [1.54, 1.807) is 6.08 Å². The molecule has 3 heteroatoms. The maximum Gasteiger partial charge on any atom is 0.408 e. The fraction of sp³-hybridized carbons (Fsp3) is 0.182. The third-order valence-corrected chi connectivity index (χ3v) is 2.24. The molecule has 0 bridgehead atoms. The summed E-state index contributed by atoms with van der Waals surface area (Å²) >= 11 is 0. The first kappa shape index (κ1) is 8.81. The number of hydrogen-bond acceptors (Lipinski definition) is 2. The van der Waals surface area contributed by atoms with E-state index in [-0.39, 0.29) is 18.2 Å². The van der Waals surface area contributed by atoms with Crippen LogP contribution in [0.2, 0.25) is 0 Å². The second kappa shape index (κ2) is 3.54. The van der Waals surface area contributed by atoms with E-state index in [1.165, 1.54) is 0 Å². The van der Waals surface area contributed by atoms with Crippen molar-refractivity contribution in [1.29, 1.82) is 0 Å². The van der Waals surface area contributed by atoms with E-state index < -0.39 is 0 Å². The van der Waals surface area contributed by atoms with E-state index in [1.807, 2.05) is 30.3 Å². The molecule has 1 aromatic carbocycles. The number of rotatable bonds is 2. The Morgan fingerprint density at radius 3 is 2.71 bits per heavy atom. The Labute approximate surface area is 82.4 Å². The molecule has 1 N–H and O–H groups in total. The van der Waals surface area contributed by atoms with Crippen molar-refractivity contribution in [2.45, 2.75) is 12.1 Å². The first-order valence-corrected chi connectivity index (χ1v) is 4.46. The number of hydrogen-bond donors (Lipinski definition) is 1. The zero-order chi connectivity index (χ0) is 9.97. The molecular weight excluding hydrogens is 178 g/mol. The molecule has 2 atom stereocenters. The van der Waals surface area contributed by atoms with Crippen LogP contribution in [0.15, 0.2) is 43.0 Å². The molecule has 1 amide bonds. The lowest BCUT2D eigenvalue weighted by molar-refractivity contribution is 0.153. The minimum atomic E-state index is -0.385. The highest BCUT2D eigenvalue weighted by Crippen LogP contribution is 2.24. The number of amides is 1. The Morgan fingerprint density at radius 1 is 1.36 bits per heavy atom. The third-order valence-electron chi connectivity index (χ3n) is 2.24. The molecule has 1 aliphatic heterocycles. The molecule has 0 spiro atoms. The van der Waals surface area contributed by atoms with Gasteiger partial charge < -0.3 is 10.1 Å². The Kier molecular flexibility index (Phi) is 2.23. The van der Waals surface area contributed by atoms with Crippen LogP contribution in [0.25, 0.3) is 0 Å². The average molecular weight is 189 g/mol. The van der Waals surface area contributed by atoms with Crippen molar-refractivity contribution < 1.29 is 9.53 Å². The molecule has 2 rings (SSSR count). The van der Waals surface area contributed by atoms with Gasteiger partial charge in [-0.1, -0.05) is 36.9 Å². The highest BCUT2D eigenvalue weighted by molar-refractivity contribution is 5.71. The van der Waals surface area contributed by atoms with Crippen molar-refractivity contribution in [2.75, 3.05) is 0 Å². The van der Waals surface area contributed by atoms with Crippen molar-refractivity contribution in [3.05, 3.63) is 48.6 Å². The normalized spacial score (nSPS) is 25.3. The van der Waals surface area contributed by atoms with Gasteiger partial charge in [0.15, 0.2) is 0 Å². The van der Waals surface area contributed by atoms with E-state index >= 15 is 0 Å². The number of ether oxygens (including phenoxy) is 1. The van der Waals surface area contributed by atoms with Crippen LogP contribution in [0.5, 0.6) is 0 Å². The molecule has 1 aromatic rings. The number of alkyl carbamates (subject to hydrolysis) is 1. The van der Waals surface area contributed by atoms with Crippen molar-refractivity contribution in [2.24, 2.45) is 0 Å². The van der Waals surface area contributed by atoms with E-state index in [9.17, 15) is 4.79 Å². The molecule has 1 saturated heterocycles. The summed E-state index contributed by atoms with van der Waals surface area (Å²) in [5.74, 6) is 0. The smallest absolute Gasteiger partial charge is 0.408 e. The second-order valence-electron chi connectivity index (χ2n) is 3.14. The number of cyclic esters (lactones) is 1. The minimum absolute atomic E-state index is 0.110. The zero-order valence-corrected chi connectivity index (χ0v) is 7.64. The van der Waals surface area contributed by atoms with Crippen LogP contribution >= 0.6 is 0 Å². The third kappa shape index (κ3) is 1.48. The number of benzene rings is 1. The van der Waals surface area contributed by atoms with Gasteiger partial charge in [-0.2, -0.15) is 0 Å². The van der Waals surface area contributed by atoms with E-state index in [0.717, 1.165) is 5.56 Å². The number of carbonyl (C=O) groups excluding carboxylic acids is 1. The summed E-state index contributed by atoms with van der Waals surface area (Å²) in [7, 11) is 0. The van der Waals surface area contributed by atoms with Gasteiger partial charge in [-0.05, 0) is 11.6 Å². The fourth-order valence-electron chi connectivity index (χ4n) is 1.55. The second-order valence-corrected chi connectivity index (χ2v) is 3.14. The molecule has 1 fully saturated rings. The highest BCUT2D eigenvalue weighted by Gasteiger charge is 2.32.